The summed E-state index contributed by atoms with van der Waals surface area (Å²) in [5, 5.41) is 9.72. The van der Waals surface area contributed by atoms with Gasteiger partial charge in [0.25, 0.3) is 5.91 Å². The van der Waals surface area contributed by atoms with Gasteiger partial charge >= 0.3 is 6.03 Å². The first kappa shape index (κ1) is 20.6. The van der Waals surface area contributed by atoms with Crippen LogP contribution in [0.2, 0.25) is 0 Å². The van der Waals surface area contributed by atoms with Gasteiger partial charge in [-0.05, 0) is 48.7 Å². The fraction of sp³-hybridized carbons (Fsp3) is 0.167. The molecule has 0 bridgehead atoms. The van der Waals surface area contributed by atoms with Gasteiger partial charge in [0.2, 0.25) is 0 Å². The van der Waals surface area contributed by atoms with Gasteiger partial charge in [0.15, 0.2) is 5.65 Å². The third-order valence-corrected chi connectivity index (χ3v) is 5.71. The number of nitrogens with one attached hydrogen (secondary N) is 2. The fourth-order valence-electron chi connectivity index (χ4n) is 4.14. The van der Waals surface area contributed by atoms with E-state index in [0.717, 1.165) is 11.1 Å². The molecule has 0 spiro atoms. The lowest BCUT2D eigenvalue weighted by molar-refractivity contribution is 0.0736. The van der Waals surface area contributed by atoms with Crippen molar-refractivity contribution in [3.63, 3.8) is 0 Å². The van der Waals surface area contributed by atoms with Gasteiger partial charge in [-0.25, -0.2) is 18.7 Å². The van der Waals surface area contributed by atoms with Crippen molar-refractivity contribution in [1.82, 2.24) is 19.5 Å². The van der Waals surface area contributed by atoms with E-state index >= 15 is 0 Å². The van der Waals surface area contributed by atoms with E-state index in [2.05, 4.69) is 20.7 Å². The van der Waals surface area contributed by atoms with Crippen LogP contribution in [0.3, 0.4) is 0 Å². The topological polar surface area (TPSA) is 91.6 Å². The van der Waals surface area contributed by atoms with Crippen molar-refractivity contribution < 1.29 is 14.0 Å². The minimum absolute atomic E-state index is 0.106. The molecule has 2 aromatic carbocycles. The molecule has 1 aliphatic heterocycles. The van der Waals surface area contributed by atoms with Crippen LogP contribution in [0.25, 0.3) is 5.65 Å². The number of carbonyl (C=O) groups excluding carboxylic acids is 2. The maximum absolute atomic E-state index is 13.8. The highest BCUT2D eigenvalue weighted by Gasteiger charge is 2.28. The Bertz CT molecular complexity index is 1380. The first-order valence-electron chi connectivity index (χ1n) is 10.5. The van der Waals surface area contributed by atoms with Crippen LogP contribution in [0.4, 0.5) is 20.6 Å². The lowest BCUT2D eigenvalue weighted by Gasteiger charge is -2.30. The zero-order valence-corrected chi connectivity index (χ0v) is 17.9. The summed E-state index contributed by atoms with van der Waals surface area (Å²) in [6.45, 7) is 2.70. The average Bonchev–Trinajstić information content (AvgIpc) is 3.15. The summed E-state index contributed by atoms with van der Waals surface area (Å²) in [6, 6.07) is 12.8. The van der Waals surface area contributed by atoms with Crippen molar-refractivity contribution in [2.45, 2.75) is 19.9 Å². The molecule has 9 heteroatoms. The molecule has 0 atom stereocenters. The molecule has 5 rings (SSSR count). The van der Waals surface area contributed by atoms with Crippen LogP contribution >= 0.6 is 0 Å². The third kappa shape index (κ3) is 3.89. The SMILES string of the molecule is Cc1nn2cccnc2c1C(=O)N1CCc2c(cccc2NC(=O)Nc2ccccc2F)C1. The second-order valence-electron chi connectivity index (χ2n) is 7.83. The zero-order valence-electron chi connectivity index (χ0n) is 17.9. The van der Waals surface area contributed by atoms with E-state index in [4.69, 9.17) is 0 Å². The van der Waals surface area contributed by atoms with E-state index in [1.807, 2.05) is 12.1 Å². The molecule has 0 saturated carbocycles. The summed E-state index contributed by atoms with van der Waals surface area (Å²) < 4.78 is 15.4. The quantitative estimate of drug-likeness (QED) is 0.499. The molecule has 2 N–H and O–H groups in total. The van der Waals surface area contributed by atoms with E-state index in [9.17, 15) is 14.0 Å². The smallest absolute Gasteiger partial charge is 0.323 e. The second kappa shape index (κ2) is 8.34. The Morgan fingerprint density at radius 1 is 1.03 bits per heavy atom. The van der Waals surface area contributed by atoms with E-state index in [-0.39, 0.29) is 11.6 Å². The number of urea groups is 1. The van der Waals surface area contributed by atoms with Crippen LogP contribution < -0.4 is 10.6 Å². The van der Waals surface area contributed by atoms with E-state index in [1.165, 1.54) is 12.1 Å². The number of aryl methyl sites for hydroxylation is 1. The van der Waals surface area contributed by atoms with Crippen molar-refractivity contribution in [1.29, 1.82) is 0 Å². The Hall–Kier alpha value is -4.27. The number of benzene rings is 2. The average molecular weight is 444 g/mol. The number of fused-ring (bicyclic) bond motifs is 2. The normalized spacial score (nSPS) is 13.0. The van der Waals surface area contributed by atoms with Gasteiger partial charge in [0, 0.05) is 31.2 Å². The predicted octanol–water partition coefficient (Wildman–Crippen LogP) is 4.02. The molecule has 3 heterocycles. The maximum atomic E-state index is 13.8. The number of anilines is 2. The van der Waals surface area contributed by atoms with Gasteiger partial charge in [-0.15, -0.1) is 0 Å². The van der Waals surface area contributed by atoms with Gasteiger partial charge < -0.3 is 15.5 Å². The monoisotopic (exact) mass is 444 g/mol. The van der Waals surface area contributed by atoms with Gasteiger partial charge in [-0.3, -0.25) is 4.79 Å². The molecule has 2 aromatic heterocycles. The summed E-state index contributed by atoms with van der Waals surface area (Å²) in [6.07, 6.45) is 3.98. The Labute approximate surface area is 189 Å². The number of nitrogens with zero attached hydrogens (tertiary/aromatic N) is 4. The van der Waals surface area contributed by atoms with Crippen molar-refractivity contribution in [2.75, 3.05) is 17.2 Å². The number of halogens is 1. The third-order valence-electron chi connectivity index (χ3n) is 5.71. The first-order chi connectivity index (χ1) is 16.0. The largest absolute Gasteiger partial charge is 0.334 e. The minimum atomic E-state index is -0.528. The number of amides is 3. The van der Waals surface area contributed by atoms with Crippen LogP contribution in [0, 0.1) is 12.7 Å². The van der Waals surface area contributed by atoms with Gasteiger partial charge in [0.1, 0.15) is 11.4 Å². The first-order valence-corrected chi connectivity index (χ1v) is 10.5. The summed E-state index contributed by atoms with van der Waals surface area (Å²) in [5.74, 6) is -0.628. The standard InChI is InChI=1S/C24H21FN6O2/c1-15-21(22-26-11-5-12-31(22)29-15)23(32)30-13-10-17-16(14-30)6-4-9-19(17)27-24(33)28-20-8-3-2-7-18(20)25/h2-9,11-12H,10,13-14H2,1H3,(H2,27,28,33). The highest BCUT2D eigenvalue weighted by molar-refractivity contribution is 6.02. The molecule has 8 nitrogen and oxygen atoms in total. The molecule has 3 amide bonds. The molecule has 166 valence electrons. The molecular weight excluding hydrogens is 423 g/mol. The van der Waals surface area contributed by atoms with E-state index < -0.39 is 11.8 Å². The Kier molecular flexibility index (Phi) is 5.21. The Balaban J connectivity index is 1.35. The molecule has 0 saturated heterocycles. The van der Waals surface area contributed by atoms with Crippen LogP contribution in [-0.2, 0) is 13.0 Å². The van der Waals surface area contributed by atoms with E-state index in [1.54, 1.807) is 53.0 Å². The molecule has 0 fully saturated rings. The van der Waals surface area contributed by atoms with Crippen molar-refractivity contribution in [2.24, 2.45) is 0 Å². The highest BCUT2D eigenvalue weighted by atomic mass is 19.1. The summed E-state index contributed by atoms with van der Waals surface area (Å²) >= 11 is 0. The van der Waals surface area contributed by atoms with Gasteiger partial charge in [0.05, 0.1) is 11.4 Å². The molecule has 0 unspecified atom stereocenters. The molecule has 4 aromatic rings. The number of aromatic nitrogens is 3. The van der Waals surface area contributed by atoms with Crippen LogP contribution in [0.5, 0.6) is 0 Å². The minimum Gasteiger partial charge on any atom is -0.334 e. The Morgan fingerprint density at radius 3 is 2.67 bits per heavy atom. The van der Waals surface area contributed by atoms with Crippen molar-refractivity contribution in [3.05, 3.63) is 89.1 Å². The number of para-hydroxylation sites is 1. The molecule has 33 heavy (non-hydrogen) atoms. The van der Waals surface area contributed by atoms with Crippen LogP contribution in [0.15, 0.2) is 60.9 Å². The molecule has 0 aliphatic carbocycles. The number of carbonyl (C=O) groups is 2. The molecule has 0 radical (unpaired) electrons. The maximum Gasteiger partial charge on any atom is 0.323 e. The zero-order chi connectivity index (χ0) is 22.9. The molecular formula is C24H21FN6O2. The Morgan fingerprint density at radius 2 is 1.82 bits per heavy atom. The number of hydrogen-bond donors (Lipinski definition) is 2. The predicted molar refractivity (Wildman–Crippen MR) is 122 cm³/mol. The molecule has 1 aliphatic rings. The lowest BCUT2D eigenvalue weighted by atomic mass is 9.97. The van der Waals surface area contributed by atoms with Crippen molar-refractivity contribution in [3.8, 4) is 0 Å². The van der Waals surface area contributed by atoms with Crippen LogP contribution in [0.1, 0.15) is 27.2 Å². The second-order valence-corrected chi connectivity index (χ2v) is 7.83. The van der Waals surface area contributed by atoms with Gasteiger partial charge in [-0.1, -0.05) is 24.3 Å². The van der Waals surface area contributed by atoms with Gasteiger partial charge in [-0.2, -0.15) is 5.10 Å². The number of hydrogen-bond acceptors (Lipinski definition) is 4. The summed E-state index contributed by atoms with van der Waals surface area (Å²) in [7, 11) is 0. The summed E-state index contributed by atoms with van der Waals surface area (Å²) in [4.78, 5) is 31.9. The fourth-order valence-corrected chi connectivity index (χ4v) is 4.14. The van der Waals surface area contributed by atoms with Crippen LogP contribution in [-0.4, -0.2) is 38.0 Å². The number of rotatable bonds is 3. The summed E-state index contributed by atoms with van der Waals surface area (Å²) in [5.41, 5.74) is 4.31. The van der Waals surface area contributed by atoms with Crippen molar-refractivity contribution >= 4 is 29.0 Å². The highest BCUT2D eigenvalue weighted by Crippen LogP contribution is 2.28. The lowest BCUT2D eigenvalue weighted by Crippen LogP contribution is -2.36. The van der Waals surface area contributed by atoms with E-state index in [0.29, 0.717) is 42.1 Å².